The van der Waals surface area contributed by atoms with Gasteiger partial charge in [0.15, 0.2) is 0 Å². The summed E-state index contributed by atoms with van der Waals surface area (Å²) in [6.45, 7) is 5.16. The minimum atomic E-state index is 0.131. The first kappa shape index (κ1) is 16.3. The van der Waals surface area contributed by atoms with Gasteiger partial charge in [0.1, 0.15) is 0 Å². The van der Waals surface area contributed by atoms with Crippen LogP contribution in [-0.4, -0.2) is 29.0 Å². The summed E-state index contributed by atoms with van der Waals surface area (Å²) in [7, 11) is 0. The van der Waals surface area contributed by atoms with E-state index in [1.54, 1.807) is 0 Å². The van der Waals surface area contributed by atoms with E-state index in [2.05, 4.69) is 67.4 Å². The molecule has 130 valence electrons. The van der Waals surface area contributed by atoms with Crippen LogP contribution in [0.15, 0.2) is 53.6 Å². The molecule has 25 heavy (non-hydrogen) atoms. The Hall–Kier alpha value is -2.13. The summed E-state index contributed by atoms with van der Waals surface area (Å²) in [5, 5.41) is 16.6. The first-order valence-corrected chi connectivity index (χ1v) is 9.33. The van der Waals surface area contributed by atoms with Gasteiger partial charge in [0.05, 0.1) is 24.9 Å². The molecule has 0 saturated heterocycles. The van der Waals surface area contributed by atoms with E-state index < -0.39 is 0 Å². The second-order valence-electron chi connectivity index (χ2n) is 7.44. The summed E-state index contributed by atoms with van der Waals surface area (Å²) < 4.78 is 0. The number of rotatable bonds is 4. The Morgan fingerprint density at radius 1 is 1.12 bits per heavy atom. The molecule has 0 fully saturated rings. The van der Waals surface area contributed by atoms with E-state index in [9.17, 15) is 5.11 Å². The molecule has 2 aromatic carbocycles. The molecule has 3 heteroatoms. The Bertz CT molecular complexity index is 779. The molecule has 2 aromatic rings. The summed E-state index contributed by atoms with van der Waals surface area (Å²) in [6, 6.07) is 17.9. The molecule has 0 bridgehead atoms. The van der Waals surface area contributed by atoms with Crippen molar-refractivity contribution in [3.8, 4) is 0 Å². The largest absolute Gasteiger partial charge is 0.394 e. The highest BCUT2D eigenvalue weighted by atomic mass is 16.3. The Labute approximate surface area is 150 Å². The molecule has 0 spiro atoms. The summed E-state index contributed by atoms with van der Waals surface area (Å²) in [4.78, 5) is 0. The molecule has 2 aliphatic rings. The van der Waals surface area contributed by atoms with Crippen LogP contribution in [0.1, 0.15) is 54.5 Å². The van der Waals surface area contributed by atoms with Crippen LogP contribution >= 0.6 is 0 Å². The van der Waals surface area contributed by atoms with Gasteiger partial charge in [0, 0.05) is 11.5 Å². The van der Waals surface area contributed by atoms with Crippen molar-refractivity contribution in [1.82, 2.24) is 5.01 Å². The van der Waals surface area contributed by atoms with E-state index in [1.165, 1.54) is 28.0 Å². The second kappa shape index (κ2) is 6.64. The zero-order chi connectivity index (χ0) is 17.4. The number of aliphatic hydroxyl groups is 1. The molecule has 2 unspecified atom stereocenters. The monoisotopic (exact) mass is 334 g/mol. The lowest BCUT2D eigenvalue weighted by Crippen LogP contribution is -2.30. The lowest BCUT2D eigenvalue weighted by atomic mass is 9.77. The van der Waals surface area contributed by atoms with Crippen molar-refractivity contribution in [3.05, 3.63) is 70.8 Å². The number of benzene rings is 2. The second-order valence-corrected chi connectivity index (χ2v) is 7.44. The lowest BCUT2D eigenvalue weighted by molar-refractivity contribution is 0.152. The van der Waals surface area contributed by atoms with Gasteiger partial charge in [-0.25, -0.2) is 0 Å². The number of aryl methyl sites for hydroxylation is 1. The number of hydrogen-bond donors (Lipinski definition) is 1. The zero-order valence-electron chi connectivity index (χ0n) is 15.0. The average molecular weight is 334 g/mol. The van der Waals surface area contributed by atoms with Crippen molar-refractivity contribution >= 4 is 5.71 Å². The number of fused-ring (bicyclic) bond motifs is 3. The van der Waals surface area contributed by atoms with Crippen LogP contribution in [0, 0.1) is 5.92 Å². The highest BCUT2D eigenvalue weighted by molar-refractivity contribution is 6.05. The normalized spacial score (nSPS) is 21.9. The third-order valence-corrected chi connectivity index (χ3v) is 5.58. The maximum atomic E-state index is 9.53. The van der Waals surface area contributed by atoms with E-state index in [0.29, 0.717) is 18.4 Å². The van der Waals surface area contributed by atoms with Crippen LogP contribution < -0.4 is 0 Å². The smallest absolute Gasteiger partial charge is 0.0805 e. The zero-order valence-corrected chi connectivity index (χ0v) is 15.0. The Morgan fingerprint density at radius 3 is 2.60 bits per heavy atom. The van der Waals surface area contributed by atoms with Crippen LogP contribution in [0.3, 0.4) is 0 Å². The van der Waals surface area contributed by atoms with Gasteiger partial charge in [-0.15, -0.1) is 0 Å². The molecule has 3 nitrogen and oxygen atoms in total. The third kappa shape index (κ3) is 2.87. The standard InChI is InChI=1S/C22H26N2O/c1-15(2)16-7-9-18(10-8-16)22-20-12-11-17-5-3-4-6-19(17)21(20)23-24(22)13-14-25/h3-10,15,20,22,25H,11-14H2,1-2H3. The quantitative estimate of drug-likeness (QED) is 0.913. The van der Waals surface area contributed by atoms with Gasteiger partial charge < -0.3 is 5.11 Å². The van der Waals surface area contributed by atoms with Gasteiger partial charge in [-0.1, -0.05) is 62.4 Å². The van der Waals surface area contributed by atoms with Crippen molar-refractivity contribution in [3.63, 3.8) is 0 Å². The van der Waals surface area contributed by atoms with Gasteiger partial charge in [0.2, 0.25) is 0 Å². The van der Waals surface area contributed by atoms with Gasteiger partial charge in [-0.05, 0) is 35.4 Å². The minimum absolute atomic E-state index is 0.131. The maximum absolute atomic E-state index is 9.53. The highest BCUT2D eigenvalue weighted by Crippen LogP contribution is 2.43. The van der Waals surface area contributed by atoms with E-state index in [0.717, 1.165) is 12.8 Å². The predicted octanol–water partition coefficient (Wildman–Crippen LogP) is 4.13. The van der Waals surface area contributed by atoms with E-state index in [4.69, 9.17) is 5.10 Å². The first-order valence-electron chi connectivity index (χ1n) is 9.33. The average Bonchev–Trinajstić information content (AvgIpc) is 3.00. The third-order valence-electron chi connectivity index (χ3n) is 5.58. The molecule has 0 saturated carbocycles. The SMILES string of the molecule is CC(C)c1ccc(C2C3CCc4ccccc4C3=NN2CCO)cc1. The number of nitrogens with zero attached hydrogens (tertiary/aromatic N) is 2. The minimum Gasteiger partial charge on any atom is -0.394 e. The fourth-order valence-corrected chi connectivity index (χ4v) is 4.25. The Morgan fingerprint density at radius 2 is 1.88 bits per heavy atom. The van der Waals surface area contributed by atoms with Crippen molar-refractivity contribution in [1.29, 1.82) is 0 Å². The molecule has 1 heterocycles. The summed E-state index contributed by atoms with van der Waals surface area (Å²) in [6.07, 6.45) is 2.22. The Kier molecular flexibility index (Phi) is 4.34. The number of aliphatic hydroxyl groups excluding tert-OH is 1. The lowest BCUT2D eigenvalue weighted by Gasteiger charge is -2.30. The van der Waals surface area contributed by atoms with Crippen molar-refractivity contribution in [2.45, 2.75) is 38.6 Å². The maximum Gasteiger partial charge on any atom is 0.0805 e. The van der Waals surface area contributed by atoms with Crippen LogP contribution in [0.2, 0.25) is 0 Å². The van der Waals surface area contributed by atoms with Gasteiger partial charge in [-0.3, -0.25) is 5.01 Å². The molecule has 4 rings (SSSR count). The number of β-amino-alcohol motifs (C(OH)–C–C–N with tert-alkyl or cyclic N) is 1. The van der Waals surface area contributed by atoms with E-state index >= 15 is 0 Å². The predicted molar refractivity (Wildman–Crippen MR) is 102 cm³/mol. The number of hydrogen-bond acceptors (Lipinski definition) is 3. The van der Waals surface area contributed by atoms with Crippen LogP contribution in [0.4, 0.5) is 0 Å². The molecule has 0 aromatic heterocycles. The molecular formula is C22H26N2O. The molecule has 1 aliphatic carbocycles. The molecular weight excluding hydrogens is 308 g/mol. The van der Waals surface area contributed by atoms with Gasteiger partial charge >= 0.3 is 0 Å². The molecule has 0 amide bonds. The topological polar surface area (TPSA) is 35.8 Å². The molecule has 1 N–H and O–H groups in total. The van der Waals surface area contributed by atoms with Gasteiger partial charge in [0.25, 0.3) is 0 Å². The molecule has 1 aliphatic heterocycles. The highest BCUT2D eigenvalue weighted by Gasteiger charge is 2.40. The van der Waals surface area contributed by atoms with Crippen LogP contribution in [-0.2, 0) is 6.42 Å². The Balaban J connectivity index is 1.71. The van der Waals surface area contributed by atoms with Crippen molar-refractivity contribution < 1.29 is 5.11 Å². The van der Waals surface area contributed by atoms with Gasteiger partial charge in [-0.2, -0.15) is 5.10 Å². The van der Waals surface area contributed by atoms with Crippen molar-refractivity contribution in [2.75, 3.05) is 13.2 Å². The molecule has 2 atom stereocenters. The first-order chi connectivity index (χ1) is 12.2. The fourth-order valence-electron chi connectivity index (χ4n) is 4.25. The fraction of sp³-hybridized carbons (Fsp3) is 0.409. The number of hydrazone groups is 1. The van der Waals surface area contributed by atoms with Crippen molar-refractivity contribution in [2.24, 2.45) is 11.0 Å². The summed E-state index contributed by atoms with van der Waals surface area (Å²) in [5.74, 6) is 0.950. The van der Waals surface area contributed by atoms with Crippen LogP contribution in [0.25, 0.3) is 0 Å². The molecule has 0 radical (unpaired) electrons. The van der Waals surface area contributed by atoms with E-state index in [-0.39, 0.29) is 12.6 Å². The summed E-state index contributed by atoms with van der Waals surface area (Å²) in [5.41, 5.74) is 6.57. The van der Waals surface area contributed by atoms with Crippen LogP contribution in [0.5, 0.6) is 0 Å². The summed E-state index contributed by atoms with van der Waals surface area (Å²) >= 11 is 0. The van der Waals surface area contributed by atoms with E-state index in [1.807, 2.05) is 0 Å².